The Hall–Kier alpha value is -2.94. The summed E-state index contributed by atoms with van der Waals surface area (Å²) in [5, 5.41) is 10.0. The van der Waals surface area contributed by atoms with E-state index in [1.807, 2.05) is 12.1 Å². The van der Waals surface area contributed by atoms with Crippen molar-refractivity contribution in [1.29, 1.82) is 0 Å². The molecule has 1 aromatic carbocycles. The molecule has 0 radical (unpaired) electrons. The van der Waals surface area contributed by atoms with Crippen molar-refractivity contribution in [3.05, 3.63) is 75.2 Å². The normalized spacial score (nSPS) is 27.7. The molecule has 6 rings (SSSR count). The van der Waals surface area contributed by atoms with Gasteiger partial charge >= 0.3 is 5.97 Å². The molecule has 0 amide bonds. The molecule has 42 heavy (non-hydrogen) atoms. The van der Waals surface area contributed by atoms with E-state index < -0.39 is 11.6 Å². The molecule has 3 saturated carbocycles. The van der Waals surface area contributed by atoms with Gasteiger partial charge in [-0.2, -0.15) is 0 Å². The number of rotatable bonds is 10. The maximum atomic E-state index is 16.5. The Morgan fingerprint density at radius 3 is 2.62 bits per heavy atom. The Labute approximate surface area is 253 Å². The number of ketones is 1. The molecule has 5 unspecified atom stereocenters. The Morgan fingerprint density at radius 2 is 1.93 bits per heavy atom. The number of nitrogens with zero attached hydrogens (tertiary/aromatic N) is 2. The Kier molecular flexibility index (Phi) is 7.83. The fourth-order valence-electron chi connectivity index (χ4n) is 6.97. The summed E-state index contributed by atoms with van der Waals surface area (Å²) in [5.74, 6) is 0.0246. The van der Waals surface area contributed by atoms with Gasteiger partial charge in [0.05, 0.1) is 35.2 Å². The molecular weight excluding hydrogens is 580 g/mol. The van der Waals surface area contributed by atoms with Crippen LogP contribution in [0.25, 0.3) is 11.3 Å². The van der Waals surface area contributed by atoms with Gasteiger partial charge in [-0.15, -0.1) is 0 Å². The average Bonchev–Trinajstić information content (AvgIpc) is 3.84. The van der Waals surface area contributed by atoms with Gasteiger partial charge in [0.1, 0.15) is 11.3 Å². The van der Waals surface area contributed by atoms with Crippen LogP contribution < -0.4 is 5.73 Å². The standard InChI is InChI=1S/C32H34Cl2FN3O4/c1-17-9-20-21(10-18-7-8-38-26(31(40)41)14-37-27(38)11-18)22(20)13-32(35,12-17)16-42-15-23(30(39)19-5-6-19)29(36)28-24(33)3-2-4-25(28)34/h2-4,7-8,11,14,17,19-22H,5-6,9-10,12-13,15-16,36H2,1H3,(H,40,41). The van der Waals surface area contributed by atoms with Crippen molar-refractivity contribution in [3.8, 4) is 0 Å². The number of pyridine rings is 1. The number of aromatic nitrogens is 2. The van der Waals surface area contributed by atoms with Crippen molar-refractivity contribution in [2.75, 3.05) is 13.2 Å². The van der Waals surface area contributed by atoms with Crippen molar-refractivity contribution in [2.45, 2.75) is 51.1 Å². The predicted molar refractivity (Wildman–Crippen MR) is 159 cm³/mol. The van der Waals surface area contributed by atoms with E-state index in [9.17, 15) is 14.7 Å². The van der Waals surface area contributed by atoms with Crippen LogP contribution in [-0.2, 0) is 16.0 Å². The van der Waals surface area contributed by atoms with Crippen LogP contribution in [0.1, 0.15) is 60.6 Å². The zero-order chi connectivity index (χ0) is 29.8. The molecule has 2 heterocycles. The number of fused-ring (bicyclic) bond motifs is 2. The first kappa shape index (κ1) is 29.1. The van der Waals surface area contributed by atoms with Gasteiger partial charge in [-0.05, 0) is 92.0 Å². The molecule has 7 nitrogen and oxygen atoms in total. The molecular formula is C32H34Cl2FN3O4. The second-order valence-electron chi connectivity index (χ2n) is 12.4. The van der Waals surface area contributed by atoms with Crippen molar-refractivity contribution >= 4 is 46.3 Å². The van der Waals surface area contributed by atoms with E-state index in [1.165, 1.54) is 6.20 Å². The largest absolute Gasteiger partial charge is 0.477 e. The van der Waals surface area contributed by atoms with Crippen LogP contribution >= 0.6 is 23.2 Å². The SMILES string of the molecule is CC1CC2C(Cc3ccn4c(C(=O)O)cnc4c3)C2CC(F)(COCC(C(=O)C2CC2)=C(N)c2c(Cl)cccc2Cl)C1. The number of nitrogens with two attached hydrogens (primary N) is 1. The van der Waals surface area contributed by atoms with Crippen molar-refractivity contribution in [3.63, 3.8) is 0 Å². The summed E-state index contributed by atoms with van der Waals surface area (Å²) >= 11 is 12.8. The number of carbonyl (C=O) groups excluding carboxylic acids is 1. The summed E-state index contributed by atoms with van der Waals surface area (Å²) in [4.78, 5) is 28.8. The topological polar surface area (TPSA) is 107 Å². The summed E-state index contributed by atoms with van der Waals surface area (Å²) in [6.07, 6.45) is 7.27. The van der Waals surface area contributed by atoms with Crippen LogP contribution in [0.5, 0.6) is 0 Å². The highest BCUT2D eigenvalue weighted by Gasteiger charge is 2.56. The lowest BCUT2D eigenvalue weighted by molar-refractivity contribution is -0.117. The monoisotopic (exact) mass is 613 g/mol. The first-order chi connectivity index (χ1) is 20.0. The Balaban J connectivity index is 1.14. The van der Waals surface area contributed by atoms with E-state index in [4.69, 9.17) is 33.7 Å². The lowest BCUT2D eigenvalue weighted by Gasteiger charge is -2.27. The minimum atomic E-state index is -1.51. The van der Waals surface area contributed by atoms with Crippen LogP contribution in [0, 0.1) is 29.6 Å². The summed E-state index contributed by atoms with van der Waals surface area (Å²) in [5.41, 5.74) is 7.63. The van der Waals surface area contributed by atoms with Gasteiger partial charge in [0.25, 0.3) is 0 Å². The molecule has 3 N–H and O–H groups in total. The van der Waals surface area contributed by atoms with Gasteiger partial charge in [0, 0.05) is 23.3 Å². The molecule has 2 aromatic heterocycles. The van der Waals surface area contributed by atoms with Crippen LogP contribution in [0.2, 0.25) is 10.0 Å². The van der Waals surface area contributed by atoms with E-state index in [2.05, 4.69) is 11.9 Å². The van der Waals surface area contributed by atoms with E-state index in [1.54, 1.807) is 28.8 Å². The van der Waals surface area contributed by atoms with Gasteiger partial charge in [0.15, 0.2) is 11.5 Å². The Morgan fingerprint density at radius 1 is 1.19 bits per heavy atom. The van der Waals surface area contributed by atoms with E-state index in [0.717, 1.165) is 31.2 Å². The van der Waals surface area contributed by atoms with Crippen molar-refractivity contribution < 1.29 is 23.8 Å². The van der Waals surface area contributed by atoms with Crippen molar-refractivity contribution in [1.82, 2.24) is 9.38 Å². The number of aromatic carboxylic acids is 1. The van der Waals surface area contributed by atoms with Crippen LogP contribution in [0.15, 0.2) is 48.3 Å². The summed E-state index contributed by atoms with van der Waals surface area (Å²) in [7, 11) is 0. The number of carboxylic acid groups (broad SMARTS) is 1. The summed E-state index contributed by atoms with van der Waals surface area (Å²) in [6.45, 7) is 1.88. The van der Waals surface area contributed by atoms with Gasteiger partial charge in [-0.25, -0.2) is 14.2 Å². The van der Waals surface area contributed by atoms with Crippen LogP contribution in [0.3, 0.4) is 0 Å². The highest BCUT2D eigenvalue weighted by atomic mass is 35.5. The van der Waals surface area contributed by atoms with Crippen LogP contribution in [0.4, 0.5) is 4.39 Å². The zero-order valence-corrected chi connectivity index (χ0v) is 24.9. The number of carbonyl (C=O) groups is 2. The number of halogens is 3. The number of alkyl halides is 1. The van der Waals surface area contributed by atoms with Gasteiger partial charge < -0.3 is 15.6 Å². The first-order valence-electron chi connectivity index (χ1n) is 14.5. The van der Waals surface area contributed by atoms with Gasteiger partial charge in [-0.3, -0.25) is 9.20 Å². The van der Waals surface area contributed by atoms with E-state index in [-0.39, 0.29) is 48.1 Å². The third kappa shape index (κ3) is 5.81. The fourth-order valence-corrected chi connectivity index (χ4v) is 7.57. The van der Waals surface area contributed by atoms with Gasteiger partial charge in [0.2, 0.25) is 0 Å². The molecule has 0 saturated heterocycles. The van der Waals surface area contributed by atoms with Crippen molar-refractivity contribution in [2.24, 2.45) is 35.3 Å². The Bertz CT molecular complexity index is 1560. The van der Waals surface area contributed by atoms with Gasteiger partial charge in [-0.1, -0.05) is 36.2 Å². The highest BCUT2D eigenvalue weighted by molar-refractivity contribution is 6.37. The molecule has 3 aliphatic rings. The lowest BCUT2D eigenvalue weighted by atomic mass is 9.88. The number of Topliss-reactive ketones (excluding diaryl/α,β-unsaturated/α-hetero) is 1. The zero-order valence-electron chi connectivity index (χ0n) is 23.4. The molecule has 0 aliphatic heterocycles. The lowest BCUT2D eigenvalue weighted by Crippen LogP contribution is -2.33. The molecule has 0 spiro atoms. The third-order valence-electron chi connectivity index (χ3n) is 9.18. The second-order valence-corrected chi connectivity index (χ2v) is 13.2. The minimum absolute atomic E-state index is 0.0853. The average molecular weight is 615 g/mol. The quantitative estimate of drug-likeness (QED) is 0.248. The maximum absolute atomic E-state index is 16.5. The minimum Gasteiger partial charge on any atom is -0.477 e. The summed E-state index contributed by atoms with van der Waals surface area (Å²) in [6, 6.07) is 8.89. The summed E-state index contributed by atoms with van der Waals surface area (Å²) < 4.78 is 24.0. The molecule has 0 bridgehead atoms. The fraction of sp³-hybridized carbons (Fsp3) is 0.469. The third-order valence-corrected chi connectivity index (χ3v) is 9.81. The second kappa shape index (κ2) is 11.3. The molecule has 3 aliphatic carbocycles. The maximum Gasteiger partial charge on any atom is 0.354 e. The van der Waals surface area contributed by atoms with E-state index in [0.29, 0.717) is 51.5 Å². The number of imidazole rings is 1. The molecule has 3 aromatic rings. The number of ether oxygens (including phenoxy) is 1. The predicted octanol–water partition coefficient (Wildman–Crippen LogP) is 6.64. The van der Waals surface area contributed by atoms with Crippen LogP contribution in [-0.4, -0.2) is 45.1 Å². The number of hydrogen-bond donors (Lipinski definition) is 2. The smallest absolute Gasteiger partial charge is 0.354 e. The first-order valence-corrected chi connectivity index (χ1v) is 15.2. The molecule has 222 valence electrons. The number of hydrogen-bond acceptors (Lipinski definition) is 5. The highest BCUT2D eigenvalue weighted by Crippen LogP contribution is 2.59. The molecule has 3 fully saturated rings. The molecule has 5 atom stereocenters. The molecule has 10 heteroatoms. The van der Waals surface area contributed by atoms with E-state index >= 15 is 4.39 Å². The number of benzene rings is 1. The number of carboxylic acids is 1.